The Bertz CT molecular complexity index is 1120. The van der Waals surface area contributed by atoms with E-state index in [1.54, 1.807) is 26.4 Å². The predicted octanol–water partition coefficient (Wildman–Crippen LogP) is 3.51. The monoisotopic (exact) mass is 332 g/mol. The normalized spacial score (nSPS) is 14.2. The number of ether oxygens (including phenoxy) is 1. The van der Waals surface area contributed by atoms with Crippen LogP contribution < -0.4 is 10.3 Å². The van der Waals surface area contributed by atoms with Crippen molar-refractivity contribution in [2.24, 2.45) is 12.0 Å². The van der Waals surface area contributed by atoms with Crippen molar-refractivity contribution in [2.45, 2.75) is 0 Å². The van der Waals surface area contributed by atoms with E-state index in [0.29, 0.717) is 16.3 Å². The fraction of sp³-hybridized carbons (Fsp3) is 0.100. The summed E-state index contributed by atoms with van der Waals surface area (Å²) in [6, 6.07) is 12.9. The third kappa shape index (κ3) is 2.32. The van der Waals surface area contributed by atoms with E-state index in [1.807, 2.05) is 42.5 Å². The predicted molar refractivity (Wildman–Crippen MR) is 99.9 cm³/mol. The van der Waals surface area contributed by atoms with Crippen LogP contribution in [0.25, 0.3) is 22.4 Å². The summed E-state index contributed by atoms with van der Waals surface area (Å²) in [5.74, 6) is 0.672. The maximum absolute atomic E-state index is 12.4. The number of pyridine rings is 1. The zero-order valence-electron chi connectivity index (χ0n) is 13.9. The molecule has 2 aromatic carbocycles. The molecule has 25 heavy (non-hydrogen) atoms. The Labute approximate surface area is 144 Å². The Morgan fingerprint density at radius 1 is 1.16 bits per heavy atom. The molecule has 1 aliphatic rings. The summed E-state index contributed by atoms with van der Waals surface area (Å²) in [6.45, 7) is 0. The van der Waals surface area contributed by atoms with Gasteiger partial charge < -0.3 is 9.84 Å². The van der Waals surface area contributed by atoms with E-state index < -0.39 is 0 Å². The van der Waals surface area contributed by atoms with E-state index in [4.69, 9.17) is 4.74 Å². The van der Waals surface area contributed by atoms with Crippen LogP contribution in [-0.2, 0) is 7.05 Å². The van der Waals surface area contributed by atoms with Crippen molar-refractivity contribution >= 4 is 34.3 Å². The van der Waals surface area contributed by atoms with Crippen molar-refractivity contribution < 1.29 is 9.84 Å². The number of benzene rings is 2. The number of aliphatic imine (C=N–C) groups is 1. The minimum atomic E-state index is -0.225. The van der Waals surface area contributed by atoms with E-state index in [-0.39, 0.29) is 11.4 Å². The van der Waals surface area contributed by atoms with Gasteiger partial charge in [-0.3, -0.25) is 14.4 Å². The van der Waals surface area contributed by atoms with Crippen LogP contribution in [0.4, 0.5) is 5.69 Å². The summed E-state index contributed by atoms with van der Waals surface area (Å²) >= 11 is 0. The van der Waals surface area contributed by atoms with Crippen LogP contribution in [-0.4, -0.2) is 23.0 Å². The molecule has 0 aliphatic carbocycles. The number of aromatic nitrogens is 1. The molecule has 5 nitrogen and oxygen atoms in total. The molecular formula is C20H16N2O3. The average Bonchev–Trinajstić information content (AvgIpc) is 3.05. The molecule has 3 aromatic rings. The third-order valence-electron chi connectivity index (χ3n) is 4.47. The van der Waals surface area contributed by atoms with E-state index >= 15 is 0 Å². The first-order valence-electron chi connectivity index (χ1n) is 7.85. The van der Waals surface area contributed by atoms with Crippen LogP contribution in [0.5, 0.6) is 11.6 Å². The Hall–Kier alpha value is -3.34. The standard InChI is InChI=1S/C20H16N2O3/c1-22-19(23)15-6-4-3-5-14(15)17(20(22)24)9-12-11-21-18-8-7-13(25-2)10-16(12)18/h3-11,24H,1-2H3/b12-9+. The molecule has 2 heterocycles. The van der Waals surface area contributed by atoms with Crippen LogP contribution in [0.2, 0.25) is 0 Å². The maximum Gasteiger partial charge on any atom is 0.260 e. The fourth-order valence-electron chi connectivity index (χ4n) is 3.09. The molecule has 0 saturated carbocycles. The second-order valence-electron chi connectivity index (χ2n) is 5.89. The largest absolute Gasteiger partial charge is 0.497 e. The molecule has 0 unspecified atom stereocenters. The van der Waals surface area contributed by atoms with Crippen molar-refractivity contribution in [3.05, 3.63) is 63.9 Å². The van der Waals surface area contributed by atoms with Gasteiger partial charge >= 0.3 is 0 Å². The lowest BCUT2D eigenvalue weighted by atomic mass is 10.0. The first kappa shape index (κ1) is 15.2. The summed E-state index contributed by atoms with van der Waals surface area (Å²) in [6.07, 6.45) is 3.61. The van der Waals surface area contributed by atoms with Crippen molar-refractivity contribution in [1.29, 1.82) is 0 Å². The van der Waals surface area contributed by atoms with Crippen molar-refractivity contribution in [1.82, 2.24) is 4.57 Å². The molecule has 0 amide bonds. The van der Waals surface area contributed by atoms with E-state index in [2.05, 4.69) is 4.99 Å². The number of aromatic hydroxyl groups is 1. The molecule has 1 aromatic heterocycles. The average molecular weight is 332 g/mol. The topological polar surface area (TPSA) is 63.8 Å². The summed E-state index contributed by atoms with van der Waals surface area (Å²) < 4.78 is 6.55. The first-order valence-corrected chi connectivity index (χ1v) is 7.85. The Balaban J connectivity index is 1.99. The van der Waals surface area contributed by atoms with Gasteiger partial charge in [0.15, 0.2) is 0 Å². The fourth-order valence-corrected chi connectivity index (χ4v) is 3.09. The molecule has 0 radical (unpaired) electrons. The Morgan fingerprint density at radius 2 is 1.92 bits per heavy atom. The van der Waals surface area contributed by atoms with Crippen LogP contribution in [0.15, 0.2) is 52.3 Å². The van der Waals surface area contributed by atoms with Gasteiger partial charge in [-0.1, -0.05) is 18.2 Å². The zero-order valence-corrected chi connectivity index (χ0v) is 13.9. The Morgan fingerprint density at radius 3 is 2.68 bits per heavy atom. The zero-order chi connectivity index (χ0) is 17.6. The van der Waals surface area contributed by atoms with Gasteiger partial charge in [0.05, 0.1) is 12.8 Å². The first-order chi connectivity index (χ1) is 12.1. The highest BCUT2D eigenvalue weighted by molar-refractivity contribution is 6.22. The molecule has 1 aliphatic heterocycles. The van der Waals surface area contributed by atoms with Gasteiger partial charge in [-0.15, -0.1) is 0 Å². The summed E-state index contributed by atoms with van der Waals surface area (Å²) in [5.41, 5.74) is 3.00. The maximum atomic E-state index is 12.4. The molecule has 1 N–H and O–H groups in total. The number of hydrogen-bond donors (Lipinski definition) is 1. The highest BCUT2D eigenvalue weighted by atomic mass is 16.5. The van der Waals surface area contributed by atoms with Crippen molar-refractivity contribution in [3.63, 3.8) is 0 Å². The highest BCUT2D eigenvalue weighted by Gasteiger charge is 2.17. The summed E-state index contributed by atoms with van der Waals surface area (Å²) in [4.78, 5) is 16.8. The van der Waals surface area contributed by atoms with Gasteiger partial charge in [0.1, 0.15) is 5.75 Å². The van der Waals surface area contributed by atoms with Gasteiger partial charge in [0.2, 0.25) is 5.88 Å². The Kier molecular flexibility index (Phi) is 3.42. The molecule has 5 heteroatoms. The molecule has 0 fully saturated rings. The highest BCUT2D eigenvalue weighted by Crippen LogP contribution is 2.37. The minimum absolute atomic E-state index is 0.0686. The molecule has 0 bridgehead atoms. The molecule has 4 rings (SSSR count). The van der Waals surface area contributed by atoms with Gasteiger partial charge in [-0.2, -0.15) is 0 Å². The molecule has 0 atom stereocenters. The van der Waals surface area contributed by atoms with E-state index in [1.165, 1.54) is 4.57 Å². The molecule has 0 spiro atoms. The number of hydrogen-bond acceptors (Lipinski definition) is 4. The van der Waals surface area contributed by atoms with Gasteiger partial charge in [0, 0.05) is 35.3 Å². The van der Waals surface area contributed by atoms with Gasteiger partial charge in [-0.05, 0) is 35.7 Å². The van der Waals surface area contributed by atoms with Gasteiger partial charge in [0.25, 0.3) is 5.56 Å². The second-order valence-corrected chi connectivity index (χ2v) is 5.89. The third-order valence-corrected chi connectivity index (χ3v) is 4.47. The van der Waals surface area contributed by atoms with Gasteiger partial charge in [-0.25, -0.2) is 0 Å². The second kappa shape index (κ2) is 5.63. The number of nitrogens with zero attached hydrogens (tertiary/aromatic N) is 2. The van der Waals surface area contributed by atoms with Crippen molar-refractivity contribution in [3.8, 4) is 11.6 Å². The van der Waals surface area contributed by atoms with Crippen LogP contribution >= 0.6 is 0 Å². The number of fused-ring (bicyclic) bond motifs is 2. The lowest BCUT2D eigenvalue weighted by molar-refractivity contribution is 0.415. The number of allylic oxidation sites excluding steroid dienone is 1. The SMILES string of the molecule is COc1ccc2c(c1)/C(=C/c1c(O)n(C)c(=O)c3ccccc13)C=N2. The molecular weight excluding hydrogens is 316 g/mol. The summed E-state index contributed by atoms with van der Waals surface area (Å²) in [7, 11) is 3.18. The number of rotatable bonds is 2. The van der Waals surface area contributed by atoms with Crippen LogP contribution in [0.3, 0.4) is 0 Å². The van der Waals surface area contributed by atoms with Crippen LogP contribution in [0.1, 0.15) is 11.1 Å². The molecule has 124 valence electrons. The molecule has 0 saturated heterocycles. The lowest BCUT2D eigenvalue weighted by Gasteiger charge is -2.11. The number of methoxy groups -OCH3 is 1. The van der Waals surface area contributed by atoms with E-state index in [9.17, 15) is 9.90 Å². The minimum Gasteiger partial charge on any atom is -0.497 e. The lowest BCUT2D eigenvalue weighted by Crippen LogP contribution is -2.17. The summed E-state index contributed by atoms with van der Waals surface area (Å²) in [5, 5.41) is 11.8. The van der Waals surface area contributed by atoms with Crippen molar-refractivity contribution in [2.75, 3.05) is 7.11 Å². The quantitative estimate of drug-likeness (QED) is 0.781. The van der Waals surface area contributed by atoms with Crippen LogP contribution in [0, 0.1) is 0 Å². The smallest absolute Gasteiger partial charge is 0.260 e. The van der Waals surface area contributed by atoms with E-state index in [0.717, 1.165) is 22.6 Å².